The maximum atomic E-state index is 12.4. The molecule has 0 saturated heterocycles. The fourth-order valence-electron chi connectivity index (χ4n) is 1.73. The third-order valence-corrected chi connectivity index (χ3v) is 4.74. The zero-order chi connectivity index (χ0) is 15.3. The van der Waals surface area contributed by atoms with Crippen LogP contribution in [0.3, 0.4) is 0 Å². The molecule has 0 aliphatic rings. The van der Waals surface area contributed by atoms with Gasteiger partial charge in [0, 0.05) is 10.9 Å². The average molecular weight is 312 g/mol. The number of benzene rings is 1. The molecule has 0 aliphatic heterocycles. The van der Waals surface area contributed by atoms with Crippen molar-refractivity contribution in [1.29, 1.82) is 0 Å². The van der Waals surface area contributed by atoms with Crippen LogP contribution in [0.5, 0.6) is 0 Å². The van der Waals surface area contributed by atoms with E-state index in [0.717, 1.165) is 5.56 Å². The molecule has 0 spiro atoms. The van der Waals surface area contributed by atoms with Crippen LogP contribution in [0.25, 0.3) is 0 Å². The Morgan fingerprint density at radius 1 is 1.30 bits per heavy atom. The molecule has 4 heteroatoms. The highest BCUT2D eigenvalue weighted by molar-refractivity contribution is 7.84. The van der Waals surface area contributed by atoms with Crippen LogP contribution in [0.2, 0.25) is 5.02 Å². The summed E-state index contributed by atoms with van der Waals surface area (Å²) in [6.45, 7) is 13.5. The van der Waals surface area contributed by atoms with Crippen LogP contribution in [0.1, 0.15) is 32.4 Å². The number of nitrogens with one attached hydrogen (secondary N) is 1. The molecule has 1 rings (SSSR count). The number of hydrogen-bond acceptors (Lipinski definition) is 1. The molecule has 1 unspecified atom stereocenters. The van der Waals surface area contributed by atoms with E-state index < -0.39 is 11.0 Å². The normalized spacial score (nSPS) is 14.8. The topological polar surface area (TPSA) is 29.1 Å². The highest BCUT2D eigenvalue weighted by atomic mass is 35.5. The molecule has 2 atom stereocenters. The molecule has 0 aliphatic carbocycles. The quantitative estimate of drug-likeness (QED) is 0.774. The van der Waals surface area contributed by atoms with Gasteiger partial charge in [-0.3, -0.25) is 0 Å². The van der Waals surface area contributed by atoms with Crippen LogP contribution in [-0.2, 0) is 11.0 Å². The lowest BCUT2D eigenvalue weighted by Crippen LogP contribution is -2.37. The van der Waals surface area contributed by atoms with Crippen LogP contribution >= 0.6 is 11.6 Å². The van der Waals surface area contributed by atoms with Crippen LogP contribution in [0, 0.1) is 5.92 Å². The van der Waals surface area contributed by atoms with Crippen molar-refractivity contribution in [3.63, 3.8) is 0 Å². The Bertz CT molecular complexity index is 499. The van der Waals surface area contributed by atoms with Crippen LogP contribution in [-0.4, -0.2) is 8.96 Å². The highest BCUT2D eigenvalue weighted by Gasteiger charge is 2.26. The Labute approximate surface area is 129 Å². The molecule has 0 fully saturated rings. The number of halogens is 1. The maximum absolute atomic E-state index is 12.4. The average Bonchev–Trinajstić information content (AvgIpc) is 2.37. The van der Waals surface area contributed by atoms with Gasteiger partial charge in [0.15, 0.2) is 0 Å². The van der Waals surface area contributed by atoms with E-state index in [1.165, 1.54) is 0 Å². The molecule has 2 nitrogen and oxygen atoms in total. The zero-order valence-corrected chi connectivity index (χ0v) is 13.8. The van der Waals surface area contributed by atoms with Gasteiger partial charge in [-0.1, -0.05) is 35.9 Å². The van der Waals surface area contributed by atoms with Crippen LogP contribution in [0.15, 0.2) is 49.6 Å². The summed E-state index contributed by atoms with van der Waals surface area (Å²) < 4.78 is 15.2. The van der Waals surface area contributed by atoms with Crippen molar-refractivity contribution in [2.24, 2.45) is 5.92 Å². The smallest absolute Gasteiger partial charge is 0.0976 e. The summed E-state index contributed by atoms with van der Waals surface area (Å²) in [6.07, 6.45) is 3.59. The van der Waals surface area contributed by atoms with Crippen molar-refractivity contribution in [1.82, 2.24) is 4.72 Å². The molecule has 0 heterocycles. The predicted molar refractivity (Wildman–Crippen MR) is 89.1 cm³/mol. The second-order valence-corrected chi connectivity index (χ2v) is 8.01. The Morgan fingerprint density at radius 3 is 2.35 bits per heavy atom. The summed E-state index contributed by atoms with van der Waals surface area (Å²) in [5.74, 6) is -0.0280. The van der Waals surface area contributed by atoms with Crippen LogP contribution < -0.4 is 4.72 Å². The lowest BCUT2D eigenvalue weighted by Gasteiger charge is -2.27. The molecule has 20 heavy (non-hydrogen) atoms. The first-order valence-electron chi connectivity index (χ1n) is 6.48. The van der Waals surface area contributed by atoms with E-state index in [9.17, 15) is 4.21 Å². The molecule has 1 N–H and O–H groups in total. The fourth-order valence-corrected chi connectivity index (χ4v) is 2.81. The summed E-state index contributed by atoms with van der Waals surface area (Å²) in [5.41, 5.74) is 0.972. The van der Waals surface area contributed by atoms with E-state index in [4.69, 9.17) is 11.6 Å². The first-order chi connectivity index (χ1) is 9.29. The lowest BCUT2D eigenvalue weighted by molar-refractivity contribution is 0.549. The molecule has 0 bridgehead atoms. The summed E-state index contributed by atoms with van der Waals surface area (Å²) in [5, 5.41) is 0.655. The summed E-state index contributed by atoms with van der Waals surface area (Å²) >= 11 is 6.05. The van der Waals surface area contributed by atoms with Gasteiger partial charge in [-0.25, -0.2) is 8.93 Å². The Hall–Kier alpha value is -0.900. The van der Waals surface area contributed by atoms with E-state index in [1.54, 1.807) is 12.2 Å². The SMILES string of the molecule is C=CC(C=C)[C@H](NS(=O)C(C)(C)C)c1cccc(Cl)c1. The van der Waals surface area contributed by atoms with Gasteiger partial charge in [0.2, 0.25) is 0 Å². The summed E-state index contributed by atoms with van der Waals surface area (Å²) in [4.78, 5) is 0. The maximum Gasteiger partial charge on any atom is 0.0976 e. The largest absolute Gasteiger partial charge is 0.242 e. The molecule has 110 valence electrons. The van der Waals surface area contributed by atoms with Crippen molar-refractivity contribution in [3.05, 3.63) is 60.2 Å². The van der Waals surface area contributed by atoms with Gasteiger partial charge in [0.1, 0.15) is 0 Å². The molecule has 0 amide bonds. The third-order valence-electron chi connectivity index (χ3n) is 2.93. The molecular weight excluding hydrogens is 290 g/mol. The summed E-state index contributed by atoms with van der Waals surface area (Å²) in [6, 6.07) is 7.38. The van der Waals surface area contributed by atoms with E-state index in [1.807, 2.05) is 45.0 Å². The van der Waals surface area contributed by atoms with Gasteiger partial charge >= 0.3 is 0 Å². The minimum atomic E-state index is -1.19. The predicted octanol–water partition coefficient (Wildman–Crippen LogP) is 4.42. The minimum Gasteiger partial charge on any atom is -0.242 e. The van der Waals surface area contributed by atoms with Gasteiger partial charge < -0.3 is 0 Å². The van der Waals surface area contributed by atoms with Gasteiger partial charge in [-0.2, -0.15) is 0 Å². The van der Waals surface area contributed by atoms with Crippen molar-refractivity contribution in [3.8, 4) is 0 Å². The fraction of sp³-hybridized carbons (Fsp3) is 0.375. The van der Waals surface area contributed by atoms with E-state index in [0.29, 0.717) is 5.02 Å². The van der Waals surface area contributed by atoms with Gasteiger partial charge in [-0.15, -0.1) is 13.2 Å². The van der Waals surface area contributed by atoms with E-state index in [2.05, 4.69) is 17.9 Å². The van der Waals surface area contributed by atoms with E-state index in [-0.39, 0.29) is 16.7 Å². The van der Waals surface area contributed by atoms with Crippen molar-refractivity contribution in [2.75, 3.05) is 0 Å². The first-order valence-corrected chi connectivity index (χ1v) is 8.01. The van der Waals surface area contributed by atoms with Crippen molar-refractivity contribution >= 4 is 22.6 Å². The second kappa shape index (κ2) is 7.21. The lowest BCUT2D eigenvalue weighted by atomic mass is 9.94. The third kappa shape index (κ3) is 4.58. The molecule has 0 saturated carbocycles. The number of hydrogen-bond donors (Lipinski definition) is 1. The van der Waals surface area contributed by atoms with Gasteiger partial charge in [0.05, 0.1) is 21.8 Å². The Morgan fingerprint density at radius 2 is 1.90 bits per heavy atom. The highest BCUT2D eigenvalue weighted by Crippen LogP contribution is 2.28. The van der Waals surface area contributed by atoms with Crippen molar-refractivity contribution < 1.29 is 4.21 Å². The number of rotatable bonds is 6. The van der Waals surface area contributed by atoms with Gasteiger partial charge in [0.25, 0.3) is 0 Å². The summed E-state index contributed by atoms with van der Waals surface area (Å²) in [7, 11) is -1.19. The zero-order valence-electron chi connectivity index (χ0n) is 12.2. The Balaban J connectivity index is 3.12. The molecular formula is C16H22ClNOS. The first kappa shape index (κ1) is 17.2. The van der Waals surface area contributed by atoms with Gasteiger partial charge in [-0.05, 0) is 38.5 Å². The molecule has 1 aromatic rings. The Kier molecular flexibility index (Phi) is 6.18. The van der Waals surface area contributed by atoms with Crippen LogP contribution in [0.4, 0.5) is 0 Å². The minimum absolute atomic E-state index is 0.0280. The molecule has 0 aromatic heterocycles. The van der Waals surface area contributed by atoms with E-state index >= 15 is 0 Å². The van der Waals surface area contributed by atoms with Crippen molar-refractivity contribution in [2.45, 2.75) is 31.6 Å². The monoisotopic (exact) mass is 311 g/mol. The molecule has 1 aromatic carbocycles. The second-order valence-electron chi connectivity index (χ2n) is 5.58. The molecule has 0 radical (unpaired) electrons. The standard InChI is InChI=1S/C16H22ClNOS/c1-6-12(7-2)15(18-20(19)16(3,4)5)13-9-8-10-14(17)11-13/h6-12,15,18H,1-2H2,3-5H3/t15-,20?/m0/s1.